The molecule has 0 spiro atoms. The van der Waals surface area contributed by atoms with Crippen LogP contribution in [0.5, 0.6) is 0 Å². The SMILES string of the molecule is CC1(C)c2ccccc2-c2ccc(-c3cc(-c4cccc(Cl)c4)c(-c4ccccc4)c(-c4ccccc4)c3-c3ccccc3)cc21. The third-order valence-electron chi connectivity index (χ3n) is 9.54. The molecule has 0 unspecified atom stereocenters. The molecule has 46 heavy (non-hydrogen) atoms. The first-order valence-corrected chi connectivity index (χ1v) is 16.3. The molecule has 7 aromatic rings. The quantitative estimate of drug-likeness (QED) is 0.182. The number of benzene rings is 7. The summed E-state index contributed by atoms with van der Waals surface area (Å²) in [5, 5.41) is 0.725. The third-order valence-corrected chi connectivity index (χ3v) is 9.78. The van der Waals surface area contributed by atoms with Crippen molar-refractivity contribution >= 4 is 11.6 Å². The number of hydrogen-bond acceptors (Lipinski definition) is 0. The van der Waals surface area contributed by atoms with Gasteiger partial charge in [-0.3, -0.25) is 0 Å². The van der Waals surface area contributed by atoms with Gasteiger partial charge in [-0.15, -0.1) is 0 Å². The third kappa shape index (κ3) is 4.69. The second-order valence-electron chi connectivity index (χ2n) is 12.6. The summed E-state index contributed by atoms with van der Waals surface area (Å²) < 4.78 is 0. The average molecular weight is 609 g/mol. The lowest BCUT2D eigenvalue weighted by Crippen LogP contribution is -2.14. The van der Waals surface area contributed by atoms with Crippen LogP contribution in [-0.2, 0) is 5.41 Å². The van der Waals surface area contributed by atoms with Gasteiger partial charge in [-0.25, -0.2) is 0 Å². The van der Waals surface area contributed by atoms with Gasteiger partial charge in [0.15, 0.2) is 0 Å². The molecule has 0 N–H and O–H groups in total. The molecule has 0 aromatic heterocycles. The highest BCUT2D eigenvalue weighted by molar-refractivity contribution is 6.31. The molecule has 0 radical (unpaired) electrons. The van der Waals surface area contributed by atoms with E-state index in [0.717, 1.165) is 16.1 Å². The highest BCUT2D eigenvalue weighted by Gasteiger charge is 2.35. The van der Waals surface area contributed by atoms with Crippen molar-refractivity contribution in [1.29, 1.82) is 0 Å². The maximum Gasteiger partial charge on any atom is 0.0412 e. The number of hydrogen-bond donors (Lipinski definition) is 0. The van der Waals surface area contributed by atoms with E-state index in [1.807, 2.05) is 6.07 Å². The van der Waals surface area contributed by atoms with Gasteiger partial charge < -0.3 is 0 Å². The van der Waals surface area contributed by atoms with E-state index in [9.17, 15) is 0 Å². The monoisotopic (exact) mass is 608 g/mol. The standard InChI is InChI=1S/C45H33Cl/c1-45(2)40-24-13-12-23-36(40)37-26-25-34(28-41(37)45)39-29-38(33-21-14-22-35(46)27-33)42(30-15-6-3-7-16-30)44(32-19-10-5-11-20-32)43(39)31-17-8-4-9-18-31/h3-29H,1-2H3. The van der Waals surface area contributed by atoms with Crippen molar-refractivity contribution in [2.75, 3.05) is 0 Å². The highest BCUT2D eigenvalue weighted by Crippen LogP contribution is 2.53. The molecule has 1 heteroatoms. The molecular weight excluding hydrogens is 576 g/mol. The number of rotatable bonds is 5. The zero-order chi connectivity index (χ0) is 31.3. The summed E-state index contributed by atoms with van der Waals surface area (Å²) in [6, 6.07) is 59.1. The number of halogens is 1. The molecule has 0 aliphatic heterocycles. The fourth-order valence-corrected chi connectivity index (χ4v) is 7.56. The van der Waals surface area contributed by atoms with Gasteiger partial charge in [0.05, 0.1) is 0 Å². The molecule has 7 aromatic carbocycles. The van der Waals surface area contributed by atoms with Gasteiger partial charge in [0, 0.05) is 10.4 Å². The Bertz CT molecular complexity index is 2210. The van der Waals surface area contributed by atoms with Gasteiger partial charge in [-0.1, -0.05) is 165 Å². The molecule has 0 saturated carbocycles. The summed E-state index contributed by atoms with van der Waals surface area (Å²) in [6.45, 7) is 4.70. The van der Waals surface area contributed by atoms with E-state index in [1.54, 1.807) is 0 Å². The summed E-state index contributed by atoms with van der Waals surface area (Å²) in [5.74, 6) is 0. The zero-order valence-electron chi connectivity index (χ0n) is 26.0. The zero-order valence-corrected chi connectivity index (χ0v) is 26.7. The topological polar surface area (TPSA) is 0 Å². The Hall–Kier alpha value is -5.17. The molecule has 0 fully saturated rings. The molecule has 1 aliphatic rings. The molecule has 0 nitrogen and oxygen atoms in total. The van der Waals surface area contributed by atoms with Crippen molar-refractivity contribution in [2.24, 2.45) is 0 Å². The first-order valence-electron chi connectivity index (χ1n) is 15.9. The van der Waals surface area contributed by atoms with Crippen LogP contribution in [0.3, 0.4) is 0 Å². The first kappa shape index (κ1) is 28.3. The lowest BCUT2D eigenvalue weighted by Gasteiger charge is -2.26. The molecule has 1 aliphatic carbocycles. The molecule has 0 atom stereocenters. The van der Waals surface area contributed by atoms with Crippen molar-refractivity contribution in [3.8, 4) is 66.8 Å². The predicted octanol–water partition coefficient (Wildman–Crippen LogP) is 13.0. The maximum absolute atomic E-state index is 6.67. The smallest absolute Gasteiger partial charge is 0.0412 e. The van der Waals surface area contributed by atoms with Gasteiger partial charge in [0.25, 0.3) is 0 Å². The van der Waals surface area contributed by atoms with Crippen molar-refractivity contribution in [3.05, 3.63) is 180 Å². The van der Waals surface area contributed by atoms with Crippen molar-refractivity contribution in [2.45, 2.75) is 19.3 Å². The summed E-state index contributed by atoms with van der Waals surface area (Å²) >= 11 is 6.67. The lowest BCUT2D eigenvalue weighted by atomic mass is 9.77. The van der Waals surface area contributed by atoms with Crippen LogP contribution >= 0.6 is 11.6 Å². The molecular formula is C45H33Cl. The summed E-state index contributed by atoms with van der Waals surface area (Å²) in [7, 11) is 0. The van der Waals surface area contributed by atoms with Crippen LogP contribution in [-0.4, -0.2) is 0 Å². The van der Waals surface area contributed by atoms with E-state index >= 15 is 0 Å². The minimum absolute atomic E-state index is 0.100. The van der Waals surface area contributed by atoms with E-state index < -0.39 is 0 Å². The van der Waals surface area contributed by atoms with Crippen LogP contribution in [0.2, 0.25) is 5.02 Å². The number of fused-ring (bicyclic) bond motifs is 3. The van der Waals surface area contributed by atoms with Gasteiger partial charge in [-0.2, -0.15) is 0 Å². The molecule has 0 bridgehead atoms. The van der Waals surface area contributed by atoms with Crippen LogP contribution < -0.4 is 0 Å². The largest absolute Gasteiger partial charge is 0.0843 e. The van der Waals surface area contributed by atoms with Gasteiger partial charge in [0.1, 0.15) is 0 Å². The molecule has 0 amide bonds. The fourth-order valence-electron chi connectivity index (χ4n) is 7.37. The summed E-state index contributed by atoms with van der Waals surface area (Å²) in [4.78, 5) is 0. The summed E-state index contributed by atoms with van der Waals surface area (Å²) in [6.07, 6.45) is 0. The van der Waals surface area contributed by atoms with E-state index in [-0.39, 0.29) is 5.41 Å². The average Bonchev–Trinajstić information content (AvgIpc) is 3.34. The van der Waals surface area contributed by atoms with Gasteiger partial charge >= 0.3 is 0 Å². The molecule has 8 rings (SSSR count). The first-order chi connectivity index (χ1) is 22.5. The highest BCUT2D eigenvalue weighted by atomic mass is 35.5. The predicted molar refractivity (Wildman–Crippen MR) is 196 cm³/mol. The van der Waals surface area contributed by atoms with Crippen molar-refractivity contribution in [1.82, 2.24) is 0 Å². The molecule has 220 valence electrons. The van der Waals surface area contributed by atoms with E-state index in [4.69, 9.17) is 11.6 Å². The minimum Gasteiger partial charge on any atom is -0.0843 e. The maximum atomic E-state index is 6.67. The van der Waals surface area contributed by atoms with Crippen molar-refractivity contribution < 1.29 is 0 Å². The van der Waals surface area contributed by atoms with E-state index in [2.05, 4.69) is 172 Å². The van der Waals surface area contributed by atoms with Crippen LogP contribution in [0, 0.1) is 0 Å². The fraction of sp³-hybridized carbons (Fsp3) is 0.0667. The Morgan fingerprint density at radius 1 is 0.348 bits per heavy atom. The van der Waals surface area contributed by atoms with E-state index in [1.165, 1.54) is 66.8 Å². The molecule has 0 saturated heterocycles. The normalized spacial score (nSPS) is 12.8. The molecule has 0 heterocycles. The van der Waals surface area contributed by atoms with E-state index in [0.29, 0.717) is 0 Å². The minimum atomic E-state index is -0.100. The summed E-state index contributed by atoms with van der Waals surface area (Å²) in [5.41, 5.74) is 17.2. The van der Waals surface area contributed by atoms with Crippen LogP contribution in [0.25, 0.3) is 66.8 Å². The Kier molecular flexibility index (Phi) is 6.97. The second kappa shape index (κ2) is 11.3. The second-order valence-corrected chi connectivity index (χ2v) is 13.1. The van der Waals surface area contributed by atoms with Crippen LogP contribution in [0.1, 0.15) is 25.0 Å². The lowest BCUT2D eigenvalue weighted by molar-refractivity contribution is 0.660. The Morgan fingerprint density at radius 2 is 0.826 bits per heavy atom. The Labute approximate surface area is 276 Å². The van der Waals surface area contributed by atoms with Gasteiger partial charge in [-0.05, 0) is 102 Å². The Balaban J connectivity index is 1.53. The van der Waals surface area contributed by atoms with Crippen LogP contribution in [0.15, 0.2) is 164 Å². The van der Waals surface area contributed by atoms with Gasteiger partial charge in [0.2, 0.25) is 0 Å². The van der Waals surface area contributed by atoms with Crippen LogP contribution in [0.4, 0.5) is 0 Å². The Morgan fingerprint density at radius 3 is 1.41 bits per heavy atom. The van der Waals surface area contributed by atoms with Crippen molar-refractivity contribution in [3.63, 3.8) is 0 Å².